The lowest BCUT2D eigenvalue weighted by Crippen LogP contribution is -2.17. The molecule has 0 amide bonds. The monoisotopic (exact) mass is 283 g/mol. The summed E-state index contributed by atoms with van der Waals surface area (Å²) in [7, 11) is 0. The Bertz CT molecular complexity index is 533. The van der Waals surface area contributed by atoms with Crippen molar-refractivity contribution in [3.8, 4) is 0 Å². The SMILES string of the molecule is CC(=Cc1ccc(Cl)cc1Cl)C1=NC(C)(C)CO1. The Balaban J connectivity index is 2.29. The Hall–Kier alpha value is -0.990. The molecule has 2 rings (SSSR count). The molecule has 18 heavy (non-hydrogen) atoms. The molecule has 0 spiro atoms. The van der Waals surface area contributed by atoms with Gasteiger partial charge in [0.25, 0.3) is 0 Å². The fourth-order valence-corrected chi connectivity index (χ4v) is 2.16. The van der Waals surface area contributed by atoms with E-state index < -0.39 is 0 Å². The number of hydrogen-bond donors (Lipinski definition) is 0. The van der Waals surface area contributed by atoms with Crippen molar-refractivity contribution < 1.29 is 4.74 Å². The van der Waals surface area contributed by atoms with E-state index >= 15 is 0 Å². The van der Waals surface area contributed by atoms with E-state index in [1.54, 1.807) is 6.07 Å². The minimum absolute atomic E-state index is 0.145. The molecule has 0 saturated carbocycles. The van der Waals surface area contributed by atoms with Crippen molar-refractivity contribution in [3.05, 3.63) is 39.4 Å². The van der Waals surface area contributed by atoms with Crippen LogP contribution in [0.4, 0.5) is 0 Å². The number of nitrogens with zero attached hydrogens (tertiary/aromatic N) is 1. The highest BCUT2D eigenvalue weighted by molar-refractivity contribution is 6.35. The Morgan fingerprint density at radius 3 is 2.67 bits per heavy atom. The summed E-state index contributed by atoms with van der Waals surface area (Å²) in [6.45, 7) is 6.66. The van der Waals surface area contributed by atoms with Crippen molar-refractivity contribution in [2.24, 2.45) is 4.99 Å². The van der Waals surface area contributed by atoms with Crippen LogP contribution in [0.3, 0.4) is 0 Å². The van der Waals surface area contributed by atoms with Crippen LogP contribution in [-0.2, 0) is 4.74 Å². The molecule has 0 aliphatic carbocycles. The van der Waals surface area contributed by atoms with Crippen LogP contribution < -0.4 is 0 Å². The summed E-state index contributed by atoms with van der Waals surface area (Å²) < 4.78 is 5.58. The molecule has 0 fully saturated rings. The third kappa shape index (κ3) is 3.06. The maximum Gasteiger partial charge on any atom is 0.212 e. The molecule has 1 heterocycles. The second kappa shape index (κ2) is 4.94. The van der Waals surface area contributed by atoms with E-state index in [2.05, 4.69) is 4.99 Å². The van der Waals surface area contributed by atoms with Gasteiger partial charge < -0.3 is 4.74 Å². The minimum atomic E-state index is -0.145. The summed E-state index contributed by atoms with van der Waals surface area (Å²) >= 11 is 12.0. The molecule has 1 aromatic rings. The molecular formula is C14H15Cl2NO. The number of halogens is 2. The van der Waals surface area contributed by atoms with Gasteiger partial charge in [-0.15, -0.1) is 0 Å². The number of benzene rings is 1. The molecule has 0 atom stereocenters. The third-order valence-corrected chi connectivity index (χ3v) is 3.20. The number of hydrogen-bond acceptors (Lipinski definition) is 2. The smallest absolute Gasteiger partial charge is 0.212 e. The van der Waals surface area contributed by atoms with E-state index in [1.807, 2.05) is 39.0 Å². The molecule has 4 heteroatoms. The third-order valence-electron chi connectivity index (χ3n) is 2.64. The summed E-state index contributed by atoms with van der Waals surface area (Å²) in [5.41, 5.74) is 1.73. The first-order valence-electron chi connectivity index (χ1n) is 5.74. The quantitative estimate of drug-likeness (QED) is 0.777. The van der Waals surface area contributed by atoms with Crippen molar-refractivity contribution in [3.63, 3.8) is 0 Å². The fraction of sp³-hybridized carbons (Fsp3) is 0.357. The maximum atomic E-state index is 6.13. The molecule has 2 nitrogen and oxygen atoms in total. The van der Waals surface area contributed by atoms with Crippen LogP contribution in [0.1, 0.15) is 26.3 Å². The Kier molecular flexibility index (Phi) is 3.69. The molecule has 96 valence electrons. The zero-order valence-electron chi connectivity index (χ0n) is 10.6. The summed E-state index contributed by atoms with van der Waals surface area (Å²) in [5, 5.41) is 1.25. The zero-order valence-corrected chi connectivity index (χ0v) is 12.1. The van der Waals surface area contributed by atoms with Crippen LogP contribution in [0, 0.1) is 0 Å². The molecule has 0 unspecified atom stereocenters. The van der Waals surface area contributed by atoms with Gasteiger partial charge in [-0.3, -0.25) is 0 Å². The maximum absolute atomic E-state index is 6.13. The summed E-state index contributed by atoms with van der Waals surface area (Å²) in [6, 6.07) is 5.42. The van der Waals surface area contributed by atoms with Crippen LogP contribution in [0.2, 0.25) is 10.0 Å². The molecule has 0 aromatic heterocycles. The number of aliphatic imine (C=N–C) groups is 1. The minimum Gasteiger partial charge on any atom is -0.475 e. The van der Waals surface area contributed by atoms with Crippen molar-refractivity contribution >= 4 is 35.2 Å². The van der Waals surface area contributed by atoms with Crippen molar-refractivity contribution in [2.75, 3.05) is 6.61 Å². The average Bonchev–Trinajstić information content (AvgIpc) is 2.63. The first-order valence-corrected chi connectivity index (χ1v) is 6.49. The van der Waals surface area contributed by atoms with Crippen molar-refractivity contribution in [2.45, 2.75) is 26.3 Å². The van der Waals surface area contributed by atoms with Gasteiger partial charge in [-0.2, -0.15) is 0 Å². The normalized spacial score (nSPS) is 18.5. The lowest BCUT2D eigenvalue weighted by molar-refractivity contribution is 0.279. The van der Waals surface area contributed by atoms with E-state index in [4.69, 9.17) is 27.9 Å². The average molecular weight is 284 g/mol. The number of ether oxygens (including phenoxy) is 1. The molecular weight excluding hydrogens is 269 g/mol. The van der Waals surface area contributed by atoms with E-state index in [0.29, 0.717) is 22.5 Å². The van der Waals surface area contributed by atoms with Gasteiger partial charge >= 0.3 is 0 Å². The first-order chi connectivity index (χ1) is 8.37. The molecule has 0 N–H and O–H groups in total. The summed E-state index contributed by atoms with van der Waals surface area (Å²) in [4.78, 5) is 4.52. The predicted octanol–water partition coefficient (Wildman–Crippen LogP) is 4.60. The van der Waals surface area contributed by atoms with Crippen molar-refractivity contribution in [1.29, 1.82) is 0 Å². The van der Waals surface area contributed by atoms with Gasteiger partial charge in [-0.25, -0.2) is 4.99 Å². The number of rotatable bonds is 2. The van der Waals surface area contributed by atoms with Gasteiger partial charge in [0.15, 0.2) is 0 Å². The molecule has 0 bridgehead atoms. The standard InChI is InChI=1S/C14H15Cl2NO/c1-9(13-17-14(2,3)8-18-13)6-10-4-5-11(15)7-12(10)16/h4-7H,8H2,1-3H3. The van der Waals surface area contributed by atoms with Crippen LogP contribution in [0.25, 0.3) is 6.08 Å². The van der Waals surface area contributed by atoms with Crippen LogP contribution in [0.15, 0.2) is 28.8 Å². The first kappa shape index (κ1) is 13.4. The van der Waals surface area contributed by atoms with Crippen LogP contribution in [0.5, 0.6) is 0 Å². The van der Waals surface area contributed by atoms with Gasteiger partial charge in [-0.1, -0.05) is 29.3 Å². The molecule has 1 aromatic carbocycles. The second-order valence-corrected chi connectivity index (χ2v) is 5.85. The molecule has 0 saturated heterocycles. The highest BCUT2D eigenvalue weighted by atomic mass is 35.5. The van der Waals surface area contributed by atoms with Gasteiger partial charge in [0.2, 0.25) is 5.90 Å². The Morgan fingerprint density at radius 2 is 2.11 bits per heavy atom. The van der Waals surface area contributed by atoms with Gasteiger partial charge in [0, 0.05) is 15.6 Å². The second-order valence-electron chi connectivity index (χ2n) is 5.01. The molecule has 1 aliphatic heterocycles. The lowest BCUT2D eigenvalue weighted by atomic mass is 10.1. The largest absolute Gasteiger partial charge is 0.475 e. The zero-order chi connectivity index (χ0) is 13.3. The summed E-state index contributed by atoms with van der Waals surface area (Å²) in [6.07, 6.45) is 1.96. The van der Waals surface area contributed by atoms with Gasteiger partial charge in [0.1, 0.15) is 6.61 Å². The molecule has 0 radical (unpaired) electrons. The summed E-state index contributed by atoms with van der Waals surface area (Å²) in [5.74, 6) is 0.686. The van der Waals surface area contributed by atoms with Crippen LogP contribution >= 0.6 is 23.2 Å². The lowest BCUT2D eigenvalue weighted by Gasteiger charge is -2.07. The van der Waals surface area contributed by atoms with E-state index in [0.717, 1.165) is 11.1 Å². The topological polar surface area (TPSA) is 21.6 Å². The van der Waals surface area contributed by atoms with E-state index in [1.165, 1.54) is 0 Å². The van der Waals surface area contributed by atoms with E-state index in [-0.39, 0.29) is 5.54 Å². The Morgan fingerprint density at radius 1 is 1.39 bits per heavy atom. The fourth-order valence-electron chi connectivity index (χ4n) is 1.70. The molecule has 1 aliphatic rings. The predicted molar refractivity (Wildman–Crippen MR) is 77.6 cm³/mol. The highest BCUT2D eigenvalue weighted by Gasteiger charge is 2.26. The van der Waals surface area contributed by atoms with E-state index in [9.17, 15) is 0 Å². The highest BCUT2D eigenvalue weighted by Crippen LogP contribution is 2.25. The van der Waals surface area contributed by atoms with Crippen molar-refractivity contribution in [1.82, 2.24) is 0 Å². The van der Waals surface area contributed by atoms with Gasteiger partial charge in [-0.05, 0) is 44.5 Å². The van der Waals surface area contributed by atoms with Gasteiger partial charge in [0.05, 0.1) is 5.54 Å². The van der Waals surface area contributed by atoms with Crippen LogP contribution in [-0.4, -0.2) is 18.0 Å². The Labute approximate surface area is 117 Å².